The summed E-state index contributed by atoms with van der Waals surface area (Å²) in [5, 5.41) is 13.8. The van der Waals surface area contributed by atoms with Gasteiger partial charge in [0.05, 0.1) is 22.8 Å². The molecule has 3 atom stereocenters. The number of hydrogen-bond donors (Lipinski definition) is 2. The summed E-state index contributed by atoms with van der Waals surface area (Å²) in [5.74, 6) is 1.03. The van der Waals surface area contributed by atoms with E-state index in [4.69, 9.17) is 9.72 Å². The number of rotatable bonds is 7. The highest BCUT2D eigenvalue weighted by Crippen LogP contribution is 2.41. The zero-order chi connectivity index (χ0) is 27.2. The number of thiazole rings is 1. The lowest BCUT2D eigenvalue weighted by molar-refractivity contribution is -0.122. The van der Waals surface area contributed by atoms with Crippen LogP contribution in [0.2, 0.25) is 0 Å². The Morgan fingerprint density at radius 3 is 2.83 bits per heavy atom. The van der Waals surface area contributed by atoms with Crippen molar-refractivity contribution in [2.24, 2.45) is 11.8 Å². The first kappa shape index (κ1) is 25.8. The number of allylic oxidation sites excluding steroid dienone is 1. The van der Waals surface area contributed by atoms with Gasteiger partial charge in [-0.3, -0.25) is 4.79 Å². The molecule has 3 heterocycles. The van der Waals surface area contributed by atoms with E-state index in [1.165, 1.54) is 16.8 Å². The highest BCUT2D eigenvalue weighted by atomic mass is 32.1. The molecule has 0 spiro atoms. The molecule has 3 aliphatic carbocycles. The minimum atomic E-state index is -0.380. The average Bonchev–Trinajstić information content (AvgIpc) is 3.65. The normalized spacial score (nSPS) is 27.1. The number of hydrogen-bond acceptors (Lipinski definition) is 8. The second-order valence-electron chi connectivity index (χ2n) is 11.7. The summed E-state index contributed by atoms with van der Waals surface area (Å²) < 4.78 is 5.83. The maximum atomic E-state index is 13.0. The van der Waals surface area contributed by atoms with E-state index < -0.39 is 0 Å². The molecule has 1 unspecified atom stereocenters. The van der Waals surface area contributed by atoms with Gasteiger partial charge in [0.1, 0.15) is 6.61 Å². The first-order valence-electron chi connectivity index (χ1n) is 14.5. The largest absolute Gasteiger partial charge is 0.390 e. The number of aliphatic hydroxyl groups is 1. The highest BCUT2D eigenvalue weighted by Gasteiger charge is 2.40. The Hall–Kier alpha value is -3.14. The van der Waals surface area contributed by atoms with Crippen LogP contribution in [0.5, 0.6) is 0 Å². The van der Waals surface area contributed by atoms with Crippen molar-refractivity contribution in [2.75, 3.05) is 16.8 Å². The molecule has 8 nitrogen and oxygen atoms in total. The molecule has 0 radical (unpaired) electrons. The van der Waals surface area contributed by atoms with Crippen molar-refractivity contribution in [2.45, 2.75) is 76.7 Å². The minimum Gasteiger partial charge on any atom is -0.390 e. The van der Waals surface area contributed by atoms with Gasteiger partial charge in [0.25, 0.3) is 0 Å². The minimum absolute atomic E-state index is 0.0419. The quantitative estimate of drug-likeness (QED) is 0.427. The molecule has 1 aliphatic heterocycles. The van der Waals surface area contributed by atoms with E-state index in [2.05, 4.69) is 57.4 Å². The van der Waals surface area contributed by atoms with Gasteiger partial charge in [-0.25, -0.2) is 15.0 Å². The van der Waals surface area contributed by atoms with Gasteiger partial charge in [-0.2, -0.15) is 0 Å². The molecular formula is C31H35N5O3S. The van der Waals surface area contributed by atoms with Gasteiger partial charge in [-0.05, 0) is 74.1 Å². The van der Waals surface area contributed by atoms with Crippen LogP contribution in [0.4, 0.5) is 10.8 Å². The molecule has 1 amide bonds. The third-order valence-corrected chi connectivity index (χ3v) is 9.97. The van der Waals surface area contributed by atoms with Gasteiger partial charge < -0.3 is 20.1 Å². The van der Waals surface area contributed by atoms with Crippen LogP contribution in [0.25, 0.3) is 11.6 Å². The molecule has 40 heavy (non-hydrogen) atoms. The number of benzene rings is 1. The summed E-state index contributed by atoms with van der Waals surface area (Å²) >= 11 is 1.54. The van der Waals surface area contributed by atoms with Crippen molar-refractivity contribution in [1.82, 2.24) is 15.0 Å². The average molecular weight is 558 g/mol. The Labute approximate surface area is 238 Å². The molecule has 7 rings (SSSR count). The SMILES string of the molecule is CC1Cc2nc(NC(=O)C3CC(N4CCc5ccccc54)C3)sc2C=C1c1cnc(CO[C@H]2CCC[C@@H]2O)nc1. The third-order valence-electron chi connectivity index (χ3n) is 9.01. The highest BCUT2D eigenvalue weighted by molar-refractivity contribution is 7.16. The van der Waals surface area contributed by atoms with Crippen LogP contribution < -0.4 is 10.2 Å². The molecule has 2 saturated carbocycles. The Morgan fingerprint density at radius 1 is 1.20 bits per heavy atom. The number of aliphatic hydroxyl groups excluding tert-OH is 1. The van der Waals surface area contributed by atoms with E-state index in [0.717, 1.165) is 67.6 Å². The number of anilines is 2. The number of ether oxygens (including phenoxy) is 1. The van der Waals surface area contributed by atoms with Gasteiger partial charge in [0.2, 0.25) is 5.91 Å². The lowest BCUT2D eigenvalue weighted by Gasteiger charge is -2.41. The zero-order valence-electron chi connectivity index (χ0n) is 22.8. The summed E-state index contributed by atoms with van der Waals surface area (Å²) in [4.78, 5) is 30.4. The smallest absolute Gasteiger partial charge is 0.229 e. The summed E-state index contributed by atoms with van der Waals surface area (Å²) in [6, 6.07) is 9.08. The van der Waals surface area contributed by atoms with Gasteiger partial charge in [0.15, 0.2) is 11.0 Å². The second kappa shape index (κ2) is 10.7. The number of nitrogens with one attached hydrogen (secondary N) is 1. The molecule has 2 aromatic heterocycles. The lowest BCUT2D eigenvalue weighted by Crippen LogP contribution is -2.47. The lowest BCUT2D eigenvalue weighted by atomic mass is 9.78. The predicted octanol–water partition coefficient (Wildman–Crippen LogP) is 4.88. The van der Waals surface area contributed by atoms with Gasteiger partial charge in [-0.15, -0.1) is 0 Å². The molecular weight excluding hydrogens is 522 g/mol. The fraction of sp³-hybridized carbons (Fsp3) is 0.484. The molecule has 2 N–H and O–H groups in total. The Morgan fingerprint density at radius 2 is 2.02 bits per heavy atom. The molecule has 208 valence electrons. The summed E-state index contributed by atoms with van der Waals surface area (Å²) in [7, 11) is 0. The first-order valence-corrected chi connectivity index (χ1v) is 15.3. The van der Waals surface area contributed by atoms with Crippen LogP contribution in [-0.4, -0.2) is 50.8 Å². The predicted molar refractivity (Wildman–Crippen MR) is 156 cm³/mol. The van der Waals surface area contributed by atoms with Crippen LogP contribution in [0.1, 0.15) is 66.6 Å². The summed E-state index contributed by atoms with van der Waals surface area (Å²) in [6.07, 6.45) is 11.8. The molecule has 4 aliphatic rings. The Kier molecular flexibility index (Phi) is 6.89. The van der Waals surface area contributed by atoms with Gasteiger partial charge >= 0.3 is 0 Å². The number of nitrogens with zero attached hydrogens (tertiary/aromatic N) is 4. The van der Waals surface area contributed by atoms with Crippen LogP contribution >= 0.6 is 11.3 Å². The number of amides is 1. The van der Waals surface area contributed by atoms with Crippen molar-refractivity contribution in [3.63, 3.8) is 0 Å². The van der Waals surface area contributed by atoms with E-state index in [9.17, 15) is 9.90 Å². The van der Waals surface area contributed by atoms with Crippen LogP contribution in [0.15, 0.2) is 36.7 Å². The maximum Gasteiger partial charge on any atom is 0.229 e. The van der Waals surface area contributed by atoms with E-state index in [0.29, 0.717) is 23.6 Å². The van der Waals surface area contributed by atoms with Crippen LogP contribution in [-0.2, 0) is 29.0 Å². The summed E-state index contributed by atoms with van der Waals surface area (Å²) in [6.45, 7) is 3.55. The number of fused-ring (bicyclic) bond motifs is 2. The number of carbonyl (C=O) groups is 1. The van der Waals surface area contributed by atoms with E-state index >= 15 is 0 Å². The van der Waals surface area contributed by atoms with Crippen molar-refractivity contribution in [3.05, 3.63) is 64.2 Å². The van der Waals surface area contributed by atoms with Crippen LogP contribution in [0, 0.1) is 11.8 Å². The van der Waals surface area contributed by atoms with Gasteiger partial charge in [0, 0.05) is 42.1 Å². The third kappa shape index (κ3) is 4.95. The standard InChI is InChI=1S/C31H35N5O3S/c1-18-11-24-28(14-23(18)21-15-32-29(33-16-21)17-39-27-8-4-7-26(27)37)40-31(34-24)35-30(38)20-12-22(13-20)36-10-9-19-5-2-3-6-25(19)36/h2-3,5-6,14-16,18,20,22,26-27,37H,4,7-13,17H2,1H3,(H,34,35,38)/t18?,20?,22?,26-,27-/m0/s1. The molecule has 0 saturated heterocycles. The Balaban J connectivity index is 0.964. The molecule has 1 aromatic carbocycles. The first-order chi connectivity index (χ1) is 19.5. The summed E-state index contributed by atoms with van der Waals surface area (Å²) in [5.41, 5.74) is 5.97. The monoisotopic (exact) mass is 557 g/mol. The fourth-order valence-corrected chi connectivity index (χ4v) is 7.54. The van der Waals surface area contributed by atoms with E-state index in [1.807, 2.05) is 12.4 Å². The van der Waals surface area contributed by atoms with Crippen molar-refractivity contribution < 1.29 is 14.6 Å². The maximum absolute atomic E-state index is 13.0. The fourth-order valence-electron chi connectivity index (χ4n) is 6.60. The van der Waals surface area contributed by atoms with Crippen molar-refractivity contribution in [1.29, 1.82) is 0 Å². The Bertz CT molecular complexity index is 1430. The topological polar surface area (TPSA) is 100 Å². The molecule has 3 aromatic rings. The zero-order valence-corrected chi connectivity index (χ0v) is 23.6. The number of aromatic nitrogens is 3. The number of carbonyl (C=O) groups excluding carboxylic acids is 1. The van der Waals surface area contributed by atoms with Crippen molar-refractivity contribution >= 4 is 39.7 Å². The second-order valence-corrected chi connectivity index (χ2v) is 12.7. The number of para-hydroxylation sites is 1. The van der Waals surface area contributed by atoms with Crippen LogP contribution in [0.3, 0.4) is 0 Å². The molecule has 2 fully saturated rings. The van der Waals surface area contributed by atoms with E-state index in [1.54, 1.807) is 11.3 Å². The van der Waals surface area contributed by atoms with Gasteiger partial charge in [-0.1, -0.05) is 36.5 Å². The van der Waals surface area contributed by atoms with Crippen molar-refractivity contribution in [3.8, 4) is 0 Å². The molecule has 9 heteroatoms. The van der Waals surface area contributed by atoms with E-state index in [-0.39, 0.29) is 30.0 Å². The molecule has 0 bridgehead atoms.